The molecular formula is C13H17FN2O2. The first-order valence-corrected chi connectivity index (χ1v) is 5.80. The molecule has 1 atom stereocenters. The van der Waals surface area contributed by atoms with Gasteiger partial charge in [0, 0.05) is 0 Å². The second-order valence-corrected chi connectivity index (χ2v) is 3.78. The number of benzene rings is 1. The zero-order valence-corrected chi connectivity index (χ0v) is 10.4. The maximum Gasteiger partial charge on any atom is 0.141 e. The van der Waals surface area contributed by atoms with Crippen molar-refractivity contribution >= 4 is 0 Å². The van der Waals surface area contributed by atoms with E-state index in [9.17, 15) is 4.39 Å². The van der Waals surface area contributed by atoms with Gasteiger partial charge in [0.05, 0.1) is 12.7 Å². The number of nitrogens with zero attached hydrogens (tertiary/aromatic N) is 1. The third-order valence-electron chi connectivity index (χ3n) is 2.33. The van der Waals surface area contributed by atoms with Crippen molar-refractivity contribution in [1.29, 1.82) is 5.26 Å². The minimum Gasteiger partial charge on any atom is -0.491 e. The summed E-state index contributed by atoms with van der Waals surface area (Å²) in [6.45, 7) is 2.73. The van der Waals surface area contributed by atoms with Crippen molar-refractivity contribution in [1.82, 2.24) is 0 Å². The zero-order chi connectivity index (χ0) is 13.4. The van der Waals surface area contributed by atoms with Gasteiger partial charge in [0.2, 0.25) is 0 Å². The van der Waals surface area contributed by atoms with E-state index in [0.29, 0.717) is 31.9 Å². The quantitative estimate of drug-likeness (QED) is 0.749. The number of ether oxygens (including phenoxy) is 2. The van der Waals surface area contributed by atoms with E-state index in [1.54, 1.807) is 13.0 Å². The number of hydrogen-bond donors (Lipinski definition) is 1. The summed E-state index contributed by atoms with van der Waals surface area (Å²) in [5.74, 6) is 0.301. The normalized spacial score (nSPS) is 11.9. The van der Waals surface area contributed by atoms with Gasteiger partial charge in [0.1, 0.15) is 24.3 Å². The minimum absolute atomic E-state index is 0.305. The Hall–Kier alpha value is -1.64. The van der Waals surface area contributed by atoms with E-state index in [0.717, 1.165) is 5.56 Å². The maximum absolute atomic E-state index is 13.1. The molecular weight excluding hydrogens is 235 g/mol. The number of halogens is 1. The minimum atomic E-state index is -0.453. The van der Waals surface area contributed by atoms with Gasteiger partial charge in [-0.1, -0.05) is 0 Å². The van der Waals surface area contributed by atoms with E-state index >= 15 is 0 Å². The summed E-state index contributed by atoms with van der Waals surface area (Å²) in [6, 6.07) is 6.30. The lowest BCUT2D eigenvalue weighted by molar-refractivity contribution is 0.0741. The smallest absolute Gasteiger partial charge is 0.141 e. The summed E-state index contributed by atoms with van der Waals surface area (Å²) >= 11 is 0. The van der Waals surface area contributed by atoms with Crippen LogP contribution in [0.25, 0.3) is 0 Å². The van der Waals surface area contributed by atoms with E-state index in [2.05, 4.69) is 0 Å². The molecule has 0 radical (unpaired) electrons. The predicted molar refractivity (Wildman–Crippen MR) is 65.7 cm³/mol. The first-order chi connectivity index (χ1) is 8.67. The molecule has 0 aliphatic heterocycles. The molecule has 98 valence electrons. The Morgan fingerprint density at radius 3 is 2.89 bits per heavy atom. The molecule has 0 fully saturated rings. The Bertz CT molecular complexity index is 418. The molecule has 0 heterocycles. The van der Waals surface area contributed by atoms with Gasteiger partial charge in [-0.25, -0.2) is 4.39 Å². The molecule has 0 spiro atoms. The van der Waals surface area contributed by atoms with Crippen molar-refractivity contribution in [2.24, 2.45) is 5.73 Å². The summed E-state index contributed by atoms with van der Waals surface area (Å²) in [5.41, 5.74) is 6.19. The molecule has 1 aromatic carbocycles. The zero-order valence-electron chi connectivity index (χ0n) is 10.4. The molecule has 2 N–H and O–H groups in total. The molecule has 1 rings (SSSR count). The Morgan fingerprint density at radius 1 is 1.44 bits per heavy atom. The third kappa shape index (κ3) is 4.70. The van der Waals surface area contributed by atoms with E-state index in [-0.39, 0.29) is 5.82 Å². The summed E-state index contributed by atoms with van der Waals surface area (Å²) in [4.78, 5) is 0. The second kappa shape index (κ2) is 7.64. The SMILES string of the molecule is CC(C#N)OCCOc1ccc(F)cc1CCN. The summed E-state index contributed by atoms with van der Waals surface area (Å²) in [7, 11) is 0. The standard InChI is InChI=1S/C13H17FN2O2/c1-10(9-16)17-6-7-18-13-3-2-12(14)8-11(13)4-5-15/h2-3,8,10H,4-7,15H2,1H3. The van der Waals surface area contributed by atoms with Crippen LogP contribution in [0.5, 0.6) is 5.75 Å². The van der Waals surface area contributed by atoms with Crippen LogP contribution in [0.3, 0.4) is 0 Å². The number of rotatable bonds is 7. The average molecular weight is 252 g/mol. The monoisotopic (exact) mass is 252 g/mol. The Kier molecular flexibility index (Phi) is 6.12. The third-order valence-corrected chi connectivity index (χ3v) is 2.33. The summed E-state index contributed by atoms with van der Waals surface area (Å²) in [6.07, 6.45) is 0.105. The molecule has 0 aromatic heterocycles. The highest BCUT2D eigenvalue weighted by Gasteiger charge is 2.05. The van der Waals surface area contributed by atoms with E-state index in [1.165, 1.54) is 12.1 Å². The predicted octanol–water partition coefficient (Wildman–Crippen LogP) is 1.63. The fourth-order valence-corrected chi connectivity index (χ4v) is 1.45. The van der Waals surface area contributed by atoms with Crippen molar-refractivity contribution < 1.29 is 13.9 Å². The highest BCUT2D eigenvalue weighted by atomic mass is 19.1. The molecule has 18 heavy (non-hydrogen) atoms. The van der Waals surface area contributed by atoms with Gasteiger partial charge in [-0.2, -0.15) is 5.26 Å². The van der Waals surface area contributed by atoms with Crippen molar-refractivity contribution in [2.75, 3.05) is 19.8 Å². The van der Waals surface area contributed by atoms with Gasteiger partial charge < -0.3 is 15.2 Å². The van der Waals surface area contributed by atoms with Gasteiger partial charge in [-0.15, -0.1) is 0 Å². The molecule has 0 amide bonds. The number of nitriles is 1. The van der Waals surface area contributed by atoms with E-state index < -0.39 is 6.10 Å². The molecule has 1 aromatic rings. The summed E-state index contributed by atoms with van der Waals surface area (Å²) in [5, 5.41) is 8.52. The topological polar surface area (TPSA) is 68.3 Å². The van der Waals surface area contributed by atoms with Crippen LogP contribution in [-0.2, 0) is 11.2 Å². The van der Waals surface area contributed by atoms with Gasteiger partial charge in [0.25, 0.3) is 0 Å². The van der Waals surface area contributed by atoms with Gasteiger partial charge in [0.15, 0.2) is 0 Å². The average Bonchev–Trinajstić information content (AvgIpc) is 2.36. The van der Waals surface area contributed by atoms with Crippen molar-refractivity contribution in [3.63, 3.8) is 0 Å². The van der Waals surface area contributed by atoms with Crippen LogP contribution in [-0.4, -0.2) is 25.9 Å². The van der Waals surface area contributed by atoms with Crippen LogP contribution < -0.4 is 10.5 Å². The molecule has 0 saturated heterocycles. The van der Waals surface area contributed by atoms with Crippen LogP contribution in [0, 0.1) is 17.1 Å². The highest BCUT2D eigenvalue weighted by Crippen LogP contribution is 2.20. The van der Waals surface area contributed by atoms with Crippen molar-refractivity contribution in [3.05, 3.63) is 29.6 Å². The van der Waals surface area contributed by atoms with Crippen molar-refractivity contribution in [3.8, 4) is 11.8 Å². The van der Waals surface area contributed by atoms with Crippen LogP contribution in [0.4, 0.5) is 4.39 Å². The second-order valence-electron chi connectivity index (χ2n) is 3.78. The Balaban J connectivity index is 2.49. The fraction of sp³-hybridized carbons (Fsp3) is 0.462. The van der Waals surface area contributed by atoms with Crippen LogP contribution in [0.2, 0.25) is 0 Å². The largest absolute Gasteiger partial charge is 0.491 e. The van der Waals surface area contributed by atoms with E-state index in [1.807, 2.05) is 6.07 Å². The lowest BCUT2D eigenvalue weighted by Crippen LogP contribution is -2.13. The molecule has 1 unspecified atom stereocenters. The lowest BCUT2D eigenvalue weighted by Gasteiger charge is -2.12. The number of nitrogens with two attached hydrogens (primary N) is 1. The molecule has 0 aliphatic rings. The van der Waals surface area contributed by atoms with Gasteiger partial charge in [-0.05, 0) is 43.7 Å². The molecule has 0 bridgehead atoms. The molecule has 4 nitrogen and oxygen atoms in total. The summed E-state index contributed by atoms with van der Waals surface area (Å²) < 4.78 is 23.7. The lowest BCUT2D eigenvalue weighted by atomic mass is 10.1. The Morgan fingerprint density at radius 2 is 2.22 bits per heavy atom. The molecule has 5 heteroatoms. The molecule has 0 saturated carbocycles. The van der Waals surface area contributed by atoms with Crippen molar-refractivity contribution in [2.45, 2.75) is 19.4 Å². The maximum atomic E-state index is 13.1. The fourth-order valence-electron chi connectivity index (χ4n) is 1.45. The van der Waals surface area contributed by atoms with Crippen LogP contribution in [0.1, 0.15) is 12.5 Å². The number of hydrogen-bond acceptors (Lipinski definition) is 4. The first-order valence-electron chi connectivity index (χ1n) is 5.80. The molecule has 0 aliphatic carbocycles. The van der Waals surface area contributed by atoms with Crippen LogP contribution in [0.15, 0.2) is 18.2 Å². The Labute approximate surface area is 106 Å². The first kappa shape index (κ1) is 14.4. The van der Waals surface area contributed by atoms with Gasteiger partial charge in [-0.3, -0.25) is 0 Å². The van der Waals surface area contributed by atoms with E-state index in [4.69, 9.17) is 20.5 Å². The van der Waals surface area contributed by atoms with Gasteiger partial charge >= 0.3 is 0 Å². The van der Waals surface area contributed by atoms with Crippen LogP contribution >= 0.6 is 0 Å². The highest BCUT2D eigenvalue weighted by molar-refractivity contribution is 5.34.